The monoisotopic (exact) mass is 333 g/mol. The number of anilines is 1. The van der Waals surface area contributed by atoms with Crippen molar-refractivity contribution in [2.45, 2.75) is 51.9 Å². The van der Waals surface area contributed by atoms with E-state index >= 15 is 0 Å². The van der Waals surface area contributed by atoms with Gasteiger partial charge < -0.3 is 4.90 Å². The molecular weight excluding hydrogens is 302 g/mol. The van der Waals surface area contributed by atoms with Gasteiger partial charge in [-0.3, -0.25) is 0 Å². The number of hydrogen-bond donors (Lipinski definition) is 0. The summed E-state index contributed by atoms with van der Waals surface area (Å²) in [5, 5.41) is 0. The SMILES string of the molecule is Cc1c(-c2ccccc2)cccc1N1CCC(CC2CCCC2)CC1. The molecule has 1 heteroatoms. The Hall–Kier alpha value is -1.76. The summed E-state index contributed by atoms with van der Waals surface area (Å²) in [6, 6.07) is 17.6. The van der Waals surface area contributed by atoms with Gasteiger partial charge in [0.25, 0.3) is 0 Å². The van der Waals surface area contributed by atoms with Crippen LogP contribution in [0.4, 0.5) is 5.69 Å². The third-order valence-electron chi connectivity index (χ3n) is 6.49. The molecule has 2 aromatic carbocycles. The zero-order valence-electron chi connectivity index (χ0n) is 15.6. The van der Waals surface area contributed by atoms with Gasteiger partial charge in [0, 0.05) is 18.8 Å². The molecule has 2 aliphatic rings. The van der Waals surface area contributed by atoms with Crippen LogP contribution in [0.25, 0.3) is 11.1 Å². The van der Waals surface area contributed by atoms with Crippen molar-refractivity contribution in [3.8, 4) is 11.1 Å². The molecule has 1 saturated carbocycles. The first-order valence-corrected chi connectivity index (χ1v) is 10.2. The molecular formula is C24H31N. The molecule has 1 heterocycles. The lowest BCUT2D eigenvalue weighted by Crippen LogP contribution is -2.34. The van der Waals surface area contributed by atoms with Crippen molar-refractivity contribution in [2.24, 2.45) is 11.8 Å². The van der Waals surface area contributed by atoms with Gasteiger partial charge in [0.05, 0.1) is 0 Å². The predicted octanol–water partition coefficient (Wildman–Crippen LogP) is 6.46. The van der Waals surface area contributed by atoms with Gasteiger partial charge in [-0.15, -0.1) is 0 Å². The van der Waals surface area contributed by atoms with E-state index in [9.17, 15) is 0 Å². The van der Waals surface area contributed by atoms with Crippen molar-refractivity contribution in [2.75, 3.05) is 18.0 Å². The van der Waals surface area contributed by atoms with E-state index in [4.69, 9.17) is 0 Å². The van der Waals surface area contributed by atoms with E-state index in [2.05, 4.69) is 60.4 Å². The highest BCUT2D eigenvalue weighted by atomic mass is 15.1. The van der Waals surface area contributed by atoms with E-state index in [0.29, 0.717) is 0 Å². The second-order valence-electron chi connectivity index (χ2n) is 8.13. The first-order valence-electron chi connectivity index (χ1n) is 10.2. The van der Waals surface area contributed by atoms with Gasteiger partial charge in [0.15, 0.2) is 0 Å². The molecule has 2 fully saturated rings. The Balaban J connectivity index is 1.44. The summed E-state index contributed by atoms with van der Waals surface area (Å²) in [6.45, 7) is 4.76. The summed E-state index contributed by atoms with van der Waals surface area (Å²) in [5.41, 5.74) is 5.59. The van der Waals surface area contributed by atoms with Crippen molar-refractivity contribution in [1.29, 1.82) is 0 Å². The lowest BCUT2D eigenvalue weighted by molar-refractivity contribution is 0.317. The molecule has 2 aromatic rings. The summed E-state index contributed by atoms with van der Waals surface area (Å²) in [6.07, 6.45) is 10.2. The molecule has 25 heavy (non-hydrogen) atoms. The fourth-order valence-electron chi connectivity index (χ4n) is 5.02. The molecule has 0 radical (unpaired) electrons. The molecule has 1 aliphatic heterocycles. The van der Waals surface area contributed by atoms with Gasteiger partial charge in [-0.1, -0.05) is 68.1 Å². The Bertz CT molecular complexity index is 676. The lowest BCUT2D eigenvalue weighted by Gasteiger charge is -2.36. The van der Waals surface area contributed by atoms with Crippen LogP contribution >= 0.6 is 0 Å². The molecule has 1 nitrogen and oxygen atoms in total. The lowest BCUT2D eigenvalue weighted by atomic mass is 9.86. The normalized spacial score (nSPS) is 19.5. The van der Waals surface area contributed by atoms with Crippen LogP contribution in [0.5, 0.6) is 0 Å². The van der Waals surface area contributed by atoms with Crippen molar-refractivity contribution in [1.82, 2.24) is 0 Å². The summed E-state index contributed by atoms with van der Waals surface area (Å²) >= 11 is 0. The third kappa shape index (κ3) is 3.76. The Kier molecular flexibility index (Phi) is 5.10. The number of rotatable bonds is 4. The van der Waals surface area contributed by atoms with Crippen molar-refractivity contribution in [3.63, 3.8) is 0 Å². The summed E-state index contributed by atoms with van der Waals surface area (Å²) in [4.78, 5) is 2.63. The third-order valence-corrected chi connectivity index (χ3v) is 6.49. The molecule has 1 saturated heterocycles. The van der Waals surface area contributed by atoms with Crippen LogP contribution in [0.2, 0.25) is 0 Å². The quantitative estimate of drug-likeness (QED) is 0.620. The molecule has 4 rings (SSSR count). The first kappa shape index (κ1) is 16.7. The van der Waals surface area contributed by atoms with E-state index in [0.717, 1.165) is 11.8 Å². The first-order chi connectivity index (χ1) is 12.3. The molecule has 0 amide bonds. The highest BCUT2D eigenvalue weighted by Gasteiger charge is 2.25. The topological polar surface area (TPSA) is 3.24 Å². The Labute approximate surface area is 153 Å². The van der Waals surface area contributed by atoms with Gasteiger partial charge >= 0.3 is 0 Å². The number of benzene rings is 2. The fraction of sp³-hybridized carbons (Fsp3) is 0.500. The summed E-state index contributed by atoms with van der Waals surface area (Å²) in [5.74, 6) is 2.01. The summed E-state index contributed by atoms with van der Waals surface area (Å²) in [7, 11) is 0. The van der Waals surface area contributed by atoms with Gasteiger partial charge in [0.2, 0.25) is 0 Å². The van der Waals surface area contributed by atoms with Crippen LogP contribution in [0.1, 0.15) is 50.5 Å². The van der Waals surface area contributed by atoms with E-state index in [1.54, 1.807) is 0 Å². The smallest absolute Gasteiger partial charge is 0.0402 e. The van der Waals surface area contributed by atoms with Crippen molar-refractivity contribution in [3.05, 3.63) is 54.1 Å². The van der Waals surface area contributed by atoms with Crippen molar-refractivity contribution >= 4 is 5.69 Å². The van der Waals surface area contributed by atoms with E-state index < -0.39 is 0 Å². The van der Waals surface area contributed by atoms with Crippen LogP contribution in [0.15, 0.2) is 48.5 Å². The van der Waals surface area contributed by atoms with Gasteiger partial charge in [-0.2, -0.15) is 0 Å². The van der Waals surface area contributed by atoms with Gasteiger partial charge in [-0.05, 0) is 60.8 Å². The minimum absolute atomic E-state index is 0.969. The van der Waals surface area contributed by atoms with E-state index in [1.807, 2.05) is 0 Å². The highest BCUT2D eigenvalue weighted by molar-refractivity contribution is 5.74. The number of piperidine rings is 1. The average Bonchev–Trinajstić information content (AvgIpc) is 3.17. The number of hydrogen-bond acceptors (Lipinski definition) is 1. The molecule has 0 bridgehead atoms. The second-order valence-corrected chi connectivity index (χ2v) is 8.13. The maximum Gasteiger partial charge on any atom is 0.0402 e. The maximum absolute atomic E-state index is 2.63. The van der Waals surface area contributed by atoms with Crippen LogP contribution < -0.4 is 4.90 Å². The molecule has 132 valence electrons. The summed E-state index contributed by atoms with van der Waals surface area (Å²) < 4.78 is 0. The minimum atomic E-state index is 0.969. The molecule has 0 N–H and O–H groups in total. The van der Waals surface area contributed by atoms with Crippen LogP contribution in [0.3, 0.4) is 0 Å². The second kappa shape index (κ2) is 7.64. The maximum atomic E-state index is 2.63. The molecule has 1 aliphatic carbocycles. The Morgan fingerprint density at radius 1 is 0.800 bits per heavy atom. The minimum Gasteiger partial charge on any atom is -0.371 e. The molecule has 0 spiro atoms. The molecule has 0 atom stereocenters. The Morgan fingerprint density at radius 2 is 1.48 bits per heavy atom. The average molecular weight is 334 g/mol. The molecule has 0 aromatic heterocycles. The van der Waals surface area contributed by atoms with Crippen molar-refractivity contribution < 1.29 is 0 Å². The zero-order valence-corrected chi connectivity index (χ0v) is 15.6. The van der Waals surface area contributed by atoms with Crippen LogP contribution in [-0.2, 0) is 0 Å². The fourth-order valence-corrected chi connectivity index (χ4v) is 5.02. The standard InChI is InChI=1S/C24H31N/c1-19-23(22-10-3-2-4-11-22)12-7-13-24(19)25-16-14-21(15-17-25)18-20-8-5-6-9-20/h2-4,7,10-13,20-21H,5-6,8-9,14-18H2,1H3. The van der Waals surface area contributed by atoms with Crippen LogP contribution in [0, 0.1) is 18.8 Å². The largest absolute Gasteiger partial charge is 0.371 e. The highest BCUT2D eigenvalue weighted by Crippen LogP contribution is 2.36. The van der Waals surface area contributed by atoms with E-state index in [1.165, 1.54) is 80.4 Å². The predicted molar refractivity (Wildman–Crippen MR) is 108 cm³/mol. The Morgan fingerprint density at radius 3 is 2.20 bits per heavy atom. The van der Waals surface area contributed by atoms with Gasteiger partial charge in [0.1, 0.15) is 0 Å². The van der Waals surface area contributed by atoms with Crippen LogP contribution in [-0.4, -0.2) is 13.1 Å². The van der Waals surface area contributed by atoms with E-state index in [-0.39, 0.29) is 0 Å². The van der Waals surface area contributed by atoms with Gasteiger partial charge in [-0.25, -0.2) is 0 Å². The number of nitrogens with zero attached hydrogens (tertiary/aromatic N) is 1. The molecule has 0 unspecified atom stereocenters. The zero-order chi connectivity index (χ0) is 17.1.